The zero-order chi connectivity index (χ0) is 21.8. The van der Waals surface area contributed by atoms with Crippen molar-refractivity contribution in [2.45, 2.75) is 13.3 Å². The number of rotatable bonds is 6. The van der Waals surface area contributed by atoms with Gasteiger partial charge in [0, 0.05) is 44.2 Å². The average molecular weight is 422 g/mol. The molecule has 1 aliphatic heterocycles. The summed E-state index contributed by atoms with van der Waals surface area (Å²) in [6.45, 7) is 5.76. The normalized spacial score (nSPS) is 14.5. The average Bonchev–Trinajstić information content (AvgIpc) is 2.79. The van der Waals surface area contributed by atoms with Crippen LogP contribution in [0.2, 0.25) is 0 Å². The Hall–Kier alpha value is -3.46. The van der Waals surface area contributed by atoms with Gasteiger partial charge in [0.1, 0.15) is 23.1 Å². The minimum Gasteiger partial charge on any atom is -0.508 e. The van der Waals surface area contributed by atoms with Gasteiger partial charge < -0.3 is 25.0 Å². The number of phenols is 1. The van der Waals surface area contributed by atoms with Crippen LogP contribution in [0.15, 0.2) is 36.4 Å². The highest BCUT2D eigenvalue weighted by Crippen LogP contribution is 2.32. The molecule has 3 heterocycles. The van der Waals surface area contributed by atoms with Crippen LogP contribution < -0.4 is 15.0 Å². The number of pyridine rings is 1. The summed E-state index contributed by atoms with van der Waals surface area (Å²) in [5, 5.41) is 12.9. The number of anilines is 3. The number of hydrogen-bond acceptors (Lipinski definition) is 9. The number of benzene rings is 1. The van der Waals surface area contributed by atoms with Gasteiger partial charge in [0.15, 0.2) is 0 Å². The summed E-state index contributed by atoms with van der Waals surface area (Å²) >= 11 is 0. The number of nitrogens with zero attached hydrogens (tertiary/aromatic N) is 6. The van der Waals surface area contributed by atoms with E-state index in [9.17, 15) is 5.11 Å². The summed E-state index contributed by atoms with van der Waals surface area (Å²) in [7, 11) is 3.69. The first-order valence-electron chi connectivity index (χ1n) is 10.4. The highest BCUT2D eigenvalue weighted by molar-refractivity contribution is 5.70. The van der Waals surface area contributed by atoms with E-state index in [2.05, 4.69) is 37.1 Å². The SMILES string of the molecule is CCc1nc(Nc2cccc(-c3ccc(O)cc3OC)n2)nc(N2CCN(C)CC2)n1. The molecule has 1 fully saturated rings. The Morgan fingerprint density at radius 1 is 1.03 bits per heavy atom. The Bertz CT molecular complexity index is 1050. The molecular formula is C22H27N7O2. The molecule has 2 aromatic heterocycles. The van der Waals surface area contributed by atoms with E-state index >= 15 is 0 Å². The van der Waals surface area contributed by atoms with Crippen molar-refractivity contribution in [3.8, 4) is 22.8 Å². The number of methoxy groups -OCH3 is 1. The van der Waals surface area contributed by atoms with E-state index in [0.29, 0.717) is 29.2 Å². The van der Waals surface area contributed by atoms with E-state index in [1.54, 1.807) is 25.3 Å². The first kappa shape index (κ1) is 20.8. The number of hydrogen-bond donors (Lipinski definition) is 2. The van der Waals surface area contributed by atoms with Crippen molar-refractivity contribution in [2.75, 3.05) is 50.6 Å². The Labute approximate surface area is 181 Å². The number of aromatic hydroxyl groups is 1. The maximum Gasteiger partial charge on any atom is 0.233 e. The van der Waals surface area contributed by atoms with Gasteiger partial charge in [0.2, 0.25) is 11.9 Å². The van der Waals surface area contributed by atoms with Crippen molar-refractivity contribution in [1.82, 2.24) is 24.8 Å². The highest BCUT2D eigenvalue weighted by atomic mass is 16.5. The smallest absolute Gasteiger partial charge is 0.233 e. The Morgan fingerprint density at radius 2 is 1.84 bits per heavy atom. The molecule has 1 aromatic carbocycles. The van der Waals surface area contributed by atoms with Crippen molar-refractivity contribution in [3.05, 3.63) is 42.2 Å². The molecule has 0 aliphatic carbocycles. The number of aromatic nitrogens is 4. The molecule has 0 bridgehead atoms. The molecular weight excluding hydrogens is 394 g/mol. The summed E-state index contributed by atoms with van der Waals surface area (Å²) in [6.07, 6.45) is 0.718. The fourth-order valence-electron chi connectivity index (χ4n) is 3.43. The van der Waals surface area contributed by atoms with E-state index in [1.165, 1.54) is 0 Å². The molecule has 1 saturated heterocycles. The molecule has 0 atom stereocenters. The van der Waals surface area contributed by atoms with Crippen LogP contribution in [-0.4, -0.2) is 70.3 Å². The molecule has 162 valence electrons. The second-order valence-corrected chi connectivity index (χ2v) is 7.44. The minimum absolute atomic E-state index is 0.142. The number of aryl methyl sites for hydroxylation is 1. The zero-order valence-electron chi connectivity index (χ0n) is 18.0. The number of phenolic OH excluding ortho intramolecular Hbond substituents is 1. The van der Waals surface area contributed by atoms with Crippen LogP contribution in [0.25, 0.3) is 11.3 Å². The molecule has 0 amide bonds. The van der Waals surface area contributed by atoms with Gasteiger partial charge in [0.05, 0.1) is 12.8 Å². The summed E-state index contributed by atoms with van der Waals surface area (Å²) in [5.74, 6) is 3.22. The van der Waals surface area contributed by atoms with Gasteiger partial charge in [-0.3, -0.25) is 0 Å². The Balaban J connectivity index is 1.61. The van der Waals surface area contributed by atoms with E-state index in [1.807, 2.05) is 25.1 Å². The lowest BCUT2D eigenvalue weighted by atomic mass is 10.1. The van der Waals surface area contributed by atoms with Gasteiger partial charge in [-0.1, -0.05) is 13.0 Å². The molecule has 9 heteroatoms. The Kier molecular flexibility index (Phi) is 6.13. The maximum atomic E-state index is 9.72. The molecule has 0 spiro atoms. The number of nitrogens with one attached hydrogen (secondary N) is 1. The van der Waals surface area contributed by atoms with Gasteiger partial charge >= 0.3 is 0 Å². The lowest BCUT2D eigenvalue weighted by Gasteiger charge is -2.32. The largest absolute Gasteiger partial charge is 0.508 e. The number of piperazine rings is 1. The number of ether oxygens (including phenoxy) is 1. The topological polar surface area (TPSA) is 99.5 Å². The zero-order valence-corrected chi connectivity index (χ0v) is 18.0. The van der Waals surface area contributed by atoms with E-state index in [0.717, 1.165) is 44.0 Å². The molecule has 1 aliphatic rings. The summed E-state index contributed by atoms with van der Waals surface area (Å²) < 4.78 is 5.40. The third kappa shape index (κ3) is 4.83. The van der Waals surface area contributed by atoms with Crippen molar-refractivity contribution in [2.24, 2.45) is 0 Å². The molecule has 3 aromatic rings. The first-order chi connectivity index (χ1) is 15.1. The fourth-order valence-corrected chi connectivity index (χ4v) is 3.43. The summed E-state index contributed by atoms with van der Waals surface area (Å²) in [4.78, 5) is 23.0. The highest BCUT2D eigenvalue weighted by Gasteiger charge is 2.18. The monoisotopic (exact) mass is 421 g/mol. The molecule has 0 unspecified atom stereocenters. The second kappa shape index (κ2) is 9.13. The van der Waals surface area contributed by atoms with Crippen LogP contribution in [0.4, 0.5) is 17.7 Å². The second-order valence-electron chi connectivity index (χ2n) is 7.44. The van der Waals surface area contributed by atoms with Crippen LogP contribution >= 0.6 is 0 Å². The molecule has 4 rings (SSSR count). The molecule has 9 nitrogen and oxygen atoms in total. The third-order valence-corrected chi connectivity index (χ3v) is 5.22. The van der Waals surface area contributed by atoms with E-state index < -0.39 is 0 Å². The van der Waals surface area contributed by atoms with Crippen LogP contribution in [0.3, 0.4) is 0 Å². The van der Waals surface area contributed by atoms with Crippen LogP contribution in [-0.2, 0) is 6.42 Å². The van der Waals surface area contributed by atoms with Crippen molar-refractivity contribution in [3.63, 3.8) is 0 Å². The fraction of sp³-hybridized carbons (Fsp3) is 0.364. The minimum atomic E-state index is 0.142. The molecule has 2 N–H and O–H groups in total. The summed E-state index contributed by atoms with van der Waals surface area (Å²) in [5.41, 5.74) is 1.50. The summed E-state index contributed by atoms with van der Waals surface area (Å²) in [6, 6.07) is 10.6. The lowest BCUT2D eigenvalue weighted by molar-refractivity contribution is 0.311. The van der Waals surface area contributed by atoms with Crippen LogP contribution in [0.5, 0.6) is 11.5 Å². The third-order valence-electron chi connectivity index (χ3n) is 5.22. The van der Waals surface area contributed by atoms with E-state index in [4.69, 9.17) is 9.72 Å². The number of likely N-dealkylation sites (N-methyl/N-ethyl adjacent to an activating group) is 1. The van der Waals surface area contributed by atoms with E-state index in [-0.39, 0.29) is 5.75 Å². The van der Waals surface area contributed by atoms with Gasteiger partial charge in [-0.2, -0.15) is 15.0 Å². The lowest BCUT2D eigenvalue weighted by Crippen LogP contribution is -2.45. The standard InChI is InChI=1S/C22H27N7O2/c1-4-19-24-21(27-22(26-19)29-12-10-28(2)11-13-29)25-20-7-5-6-17(23-20)16-9-8-15(30)14-18(16)31-3/h5-9,14,30H,4,10-13H2,1-3H3,(H,23,24,25,26,27). The van der Waals surface area contributed by atoms with Crippen LogP contribution in [0, 0.1) is 0 Å². The van der Waals surface area contributed by atoms with Gasteiger partial charge in [-0.15, -0.1) is 0 Å². The van der Waals surface area contributed by atoms with Crippen molar-refractivity contribution in [1.29, 1.82) is 0 Å². The van der Waals surface area contributed by atoms with Gasteiger partial charge in [0.25, 0.3) is 0 Å². The van der Waals surface area contributed by atoms with Gasteiger partial charge in [-0.05, 0) is 31.3 Å². The molecule has 0 radical (unpaired) electrons. The quantitative estimate of drug-likeness (QED) is 0.622. The molecule has 0 saturated carbocycles. The van der Waals surface area contributed by atoms with Gasteiger partial charge in [-0.25, -0.2) is 4.98 Å². The predicted octanol–water partition coefficient (Wildman–Crippen LogP) is 2.71. The first-order valence-corrected chi connectivity index (χ1v) is 10.4. The predicted molar refractivity (Wildman–Crippen MR) is 120 cm³/mol. The maximum absolute atomic E-state index is 9.72. The Morgan fingerprint density at radius 3 is 2.58 bits per heavy atom. The van der Waals surface area contributed by atoms with Crippen LogP contribution in [0.1, 0.15) is 12.7 Å². The molecule has 31 heavy (non-hydrogen) atoms. The van der Waals surface area contributed by atoms with Crippen molar-refractivity contribution >= 4 is 17.7 Å². The van der Waals surface area contributed by atoms with Crippen molar-refractivity contribution < 1.29 is 9.84 Å².